The third-order valence-corrected chi connectivity index (χ3v) is 4.35. The lowest BCUT2D eigenvalue weighted by Crippen LogP contribution is -2.45. The van der Waals surface area contributed by atoms with Crippen LogP contribution in [0.3, 0.4) is 0 Å². The molecular weight excluding hydrogens is 214 g/mol. The first-order valence-electron chi connectivity index (χ1n) is 6.71. The molecule has 3 heterocycles. The van der Waals surface area contributed by atoms with E-state index in [0.29, 0.717) is 5.92 Å². The zero-order chi connectivity index (χ0) is 11.9. The topological polar surface area (TPSA) is 41.3 Å². The van der Waals surface area contributed by atoms with Crippen LogP contribution in [-0.2, 0) is 12.1 Å². The fraction of sp³-hybridized carbons (Fsp3) is 0.769. The van der Waals surface area contributed by atoms with E-state index < -0.39 is 5.60 Å². The number of fused-ring (bicyclic) bond motifs is 2. The first kappa shape index (κ1) is 11.2. The van der Waals surface area contributed by atoms with Gasteiger partial charge in [0.2, 0.25) is 0 Å². The van der Waals surface area contributed by atoms with Gasteiger partial charge in [-0.1, -0.05) is 6.92 Å². The lowest BCUT2D eigenvalue weighted by atomic mass is 9.79. The summed E-state index contributed by atoms with van der Waals surface area (Å²) in [6, 6.07) is 2.00. The van der Waals surface area contributed by atoms with E-state index in [0.717, 1.165) is 51.1 Å². The molecule has 0 spiro atoms. The summed E-state index contributed by atoms with van der Waals surface area (Å²) < 4.78 is 1.99. The van der Waals surface area contributed by atoms with Gasteiger partial charge in [-0.2, -0.15) is 5.10 Å². The van der Waals surface area contributed by atoms with Gasteiger partial charge in [-0.25, -0.2) is 0 Å². The quantitative estimate of drug-likeness (QED) is 0.856. The second-order valence-electron chi connectivity index (χ2n) is 5.40. The number of piperidine rings is 1. The SMILES string of the molecule is CCCn1nccc1C1(O)CCN2CCC1C2. The van der Waals surface area contributed by atoms with Gasteiger partial charge in [0.15, 0.2) is 0 Å². The minimum absolute atomic E-state index is 0.392. The summed E-state index contributed by atoms with van der Waals surface area (Å²) in [5.41, 5.74) is 0.393. The predicted octanol–water partition coefficient (Wildman–Crippen LogP) is 1.21. The molecule has 4 heteroatoms. The summed E-state index contributed by atoms with van der Waals surface area (Å²) in [4.78, 5) is 2.46. The fourth-order valence-electron chi connectivity index (χ4n) is 3.39. The van der Waals surface area contributed by atoms with E-state index in [1.54, 1.807) is 0 Å². The highest BCUT2D eigenvalue weighted by Gasteiger charge is 2.47. The van der Waals surface area contributed by atoms with Crippen LogP contribution in [-0.4, -0.2) is 39.4 Å². The number of aliphatic hydroxyl groups is 1. The summed E-state index contributed by atoms with van der Waals surface area (Å²) in [6.45, 7) is 6.27. The van der Waals surface area contributed by atoms with Crippen LogP contribution in [0.5, 0.6) is 0 Å². The molecule has 2 aliphatic heterocycles. The molecule has 0 radical (unpaired) electrons. The second kappa shape index (κ2) is 4.10. The number of aryl methyl sites for hydroxylation is 1. The van der Waals surface area contributed by atoms with Crippen LogP contribution in [0.1, 0.15) is 31.9 Å². The summed E-state index contributed by atoms with van der Waals surface area (Å²) in [7, 11) is 0. The molecule has 3 unspecified atom stereocenters. The Morgan fingerprint density at radius 3 is 3.24 bits per heavy atom. The molecule has 0 aromatic carbocycles. The first-order chi connectivity index (χ1) is 8.24. The zero-order valence-electron chi connectivity index (χ0n) is 10.5. The molecule has 4 nitrogen and oxygen atoms in total. The van der Waals surface area contributed by atoms with Gasteiger partial charge in [-0.3, -0.25) is 4.68 Å². The van der Waals surface area contributed by atoms with Gasteiger partial charge in [0.25, 0.3) is 0 Å². The summed E-state index contributed by atoms with van der Waals surface area (Å²) in [5, 5.41) is 15.4. The lowest BCUT2D eigenvalue weighted by Gasteiger charge is -2.39. The number of hydrogen-bond acceptors (Lipinski definition) is 3. The summed E-state index contributed by atoms with van der Waals surface area (Å²) in [6.07, 6.45) is 4.85. The Morgan fingerprint density at radius 2 is 2.41 bits per heavy atom. The zero-order valence-corrected chi connectivity index (χ0v) is 10.5. The van der Waals surface area contributed by atoms with Gasteiger partial charge in [0.1, 0.15) is 5.60 Å². The van der Waals surface area contributed by atoms with Crippen molar-refractivity contribution >= 4 is 0 Å². The van der Waals surface area contributed by atoms with Crippen molar-refractivity contribution < 1.29 is 5.11 Å². The van der Waals surface area contributed by atoms with Crippen LogP contribution in [0, 0.1) is 5.92 Å². The largest absolute Gasteiger partial charge is 0.383 e. The Labute approximate surface area is 102 Å². The number of rotatable bonds is 3. The average molecular weight is 235 g/mol. The third-order valence-electron chi connectivity index (χ3n) is 4.35. The van der Waals surface area contributed by atoms with Crippen LogP contribution >= 0.6 is 0 Å². The molecular formula is C13H21N3O. The molecule has 1 aromatic heterocycles. The van der Waals surface area contributed by atoms with Crippen LogP contribution in [0.2, 0.25) is 0 Å². The second-order valence-corrected chi connectivity index (χ2v) is 5.40. The van der Waals surface area contributed by atoms with E-state index in [1.165, 1.54) is 0 Å². The summed E-state index contributed by atoms with van der Waals surface area (Å²) >= 11 is 0. The average Bonchev–Trinajstić information content (AvgIpc) is 2.93. The van der Waals surface area contributed by atoms with Crippen LogP contribution in [0.25, 0.3) is 0 Å². The van der Waals surface area contributed by atoms with E-state index in [4.69, 9.17) is 0 Å². The number of aromatic nitrogens is 2. The third kappa shape index (κ3) is 1.70. The smallest absolute Gasteiger partial charge is 0.111 e. The van der Waals surface area contributed by atoms with Crippen LogP contribution in [0.4, 0.5) is 0 Å². The van der Waals surface area contributed by atoms with Crippen molar-refractivity contribution in [3.05, 3.63) is 18.0 Å². The molecule has 1 aromatic rings. The molecule has 0 saturated carbocycles. The number of nitrogens with zero attached hydrogens (tertiary/aromatic N) is 3. The molecule has 2 bridgehead atoms. The molecule has 94 valence electrons. The minimum Gasteiger partial charge on any atom is -0.383 e. The van der Waals surface area contributed by atoms with Gasteiger partial charge < -0.3 is 10.0 Å². The Morgan fingerprint density at radius 1 is 1.53 bits per heavy atom. The summed E-state index contributed by atoms with van der Waals surface area (Å²) in [5.74, 6) is 0.392. The van der Waals surface area contributed by atoms with Crippen molar-refractivity contribution in [2.24, 2.45) is 5.92 Å². The monoisotopic (exact) mass is 235 g/mol. The molecule has 3 rings (SSSR count). The van der Waals surface area contributed by atoms with Crippen molar-refractivity contribution in [3.63, 3.8) is 0 Å². The maximum atomic E-state index is 11.0. The van der Waals surface area contributed by atoms with Gasteiger partial charge in [0, 0.05) is 31.7 Å². The molecule has 2 fully saturated rings. The highest BCUT2D eigenvalue weighted by Crippen LogP contribution is 2.42. The van der Waals surface area contributed by atoms with Crippen molar-refractivity contribution in [2.75, 3.05) is 19.6 Å². The van der Waals surface area contributed by atoms with E-state index in [2.05, 4.69) is 16.9 Å². The van der Waals surface area contributed by atoms with E-state index in [9.17, 15) is 5.11 Å². The highest BCUT2D eigenvalue weighted by molar-refractivity contribution is 5.17. The molecule has 0 aliphatic carbocycles. The molecule has 1 N–H and O–H groups in total. The number of hydrogen-bond donors (Lipinski definition) is 1. The highest BCUT2D eigenvalue weighted by atomic mass is 16.3. The maximum Gasteiger partial charge on any atom is 0.111 e. The van der Waals surface area contributed by atoms with Crippen LogP contribution in [0.15, 0.2) is 12.3 Å². The molecule has 17 heavy (non-hydrogen) atoms. The van der Waals surface area contributed by atoms with Gasteiger partial charge in [-0.15, -0.1) is 0 Å². The van der Waals surface area contributed by atoms with E-state index in [-0.39, 0.29) is 0 Å². The normalized spacial score (nSPS) is 36.4. The maximum absolute atomic E-state index is 11.0. The Balaban J connectivity index is 1.93. The van der Waals surface area contributed by atoms with E-state index >= 15 is 0 Å². The van der Waals surface area contributed by atoms with Crippen molar-refractivity contribution in [1.82, 2.24) is 14.7 Å². The standard InChI is InChI=1S/C13H21N3O/c1-2-7-16-12(3-6-14-16)13(17)5-9-15-8-4-11(13)10-15/h3,6,11,17H,2,4-5,7-10H2,1H3. The molecule has 2 aliphatic rings. The lowest BCUT2D eigenvalue weighted by molar-refractivity contribution is -0.0571. The molecule has 0 amide bonds. The Bertz CT molecular complexity index is 403. The fourth-order valence-corrected chi connectivity index (χ4v) is 3.39. The van der Waals surface area contributed by atoms with Crippen molar-refractivity contribution in [3.8, 4) is 0 Å². The van der Waals surface area contributed by atoms with E-state index in [1.807, 2.05) is 16.9 Å². The minimum atomic E-state index is -0.640. The van der Waals surface area contributed by atoms with Crippen LogP contribution < -0.4 is 0 Å². The first-order valence-corrected chi connectivity index (χ1v) is 6.71. The molecule has 3 atom stereocenters. The van der Waals surface area contributed by atoms with Crippen molar-refractivity contribution in [2.45, 2.75) is 38.3 Å². The van der Waals surface area contributed by atoms with Crippen molar-refractivity contribution in [1.29, 1.82) is 0 Å². The predicted molar refractivity (Wildman–Crippen MR) is 65.6 cm³/mol. The molecule has 2 saturated heterocycles. The Hall–Kier alpha value is -0.870. The van der Waals surface area contributed by atoms with Gasteiger partial charge >= 0.3 is 0 Å². The van der Waals surface area contributed by atoms with Gasteiger partial charge in [-0.05, 0) is 31.9 Å². The van der Waals surface area contributed by atoms with Gasteiger partial charge in [0.05, 0.1) is 5.69 Å². The Kier molecular flexibility index (Phi) is 2.71.